The molecule has 0 spiro atoms. The molecule has 1 atom stereocenters. The first-order valence-electron chi connectivity index (χ1n) is 7.82. The van der Waals surface area contributed by atoms with Crippen LogP contribution in [0.25, 0.3) is 5.69 Å². The molecule has 3 aromatic rings. The standard InChI is InChI=1S/C17H21N5O/c1-13(18-2)10-16-20-17(23-21-16)9-8-14-11-19-22(12-14)15-6-4-3-5-7-15/h3-7,11-13,18H,8-10H2,1-2H3. The normalized spacial score (nSPS) is 12.4. The largest absolute Gasteiger partial charge is 0.339 e. The molecule has 0 saturated heterocycles. The first-order valence-corrected chi connectivity index (χ1v) is 7.82. The van der Waals surface area contributed by atoms with Gasteiger partial charge in [-0.1, -0.05) is 23.4 Å². The number of hydrogen-bond donors (Lipinski definition) is 1. The summed E-state index contributed by atoms with van der Waals surface area (Å²) in [6.07, 6.45) is 6.24. The topological polar surface area (TPSA) is 68.8 Å². The number of nitrogens with zero attached hydrogens (tertiary/aromatic N) is 4. The van der Waals surface area contributed by atoms with E-state index in [2.05, 4.69) is 27.5 Å². The van der Waals surface area contributed by atoms with E-state index in [9.17, 15) is 0 Å². The van der Waals surface area contributed by atoms with Gasteiger partial charge >= 0.3 is 0 Å². The van der Waals surface area contributed by atoms with Gasteiger partial charge in [-0.25, -0.2) is 4.68 Å². The van der Waals surface area contributed by atoms with Crippen LogP contribution in [-0.2, 0) is 19.3 Å². The van der Waals surface area contributed by atoms with Crippen molar-refractivity contribution in [1.82, 2.24) is 25.2 Å². The fraction of sp³-hybridized carbons (Fsp3) is 0.353. The van der Waals surface area contributed by atoms with E-state index in [-0.39, 0.29) is 0 Å². The van der Waals surface area contributed by atoms with Crippen molar-refractivity contribution in [3.8, 4) is 5.69 Å². The highest BCUT2D eigenvalue weighted by Crippen LogP contribution is 2.10. The minimum atomic E-state index is 0.338. The summed E-state index contributed by atoms with van der Waals surface area (Å²) >= 11 is 0. The molecule has 0 bridgehead atoms. The lowest BCUT2D eigenvalue weighted by Crippen LogP contribution is -2.24. The van der Waals surface area contributed by atoms with Gasteiger partial charge in [0.25, 0.3) is 0 Å². The SMILES string of the molecule is CNC(C)Cc1noc(CCc2cnn(-c3ccccc3)c2)n1. The van der Waals surface area contributed by atoms with Crippen LogP contribution in [-0.4, -0.2) is 33.0 Å². The molecule has 1 N–H and O–H groups in total. The van der Waals surface area contributed by atoms with Crippen LogP contribution >= 0.6 is 0 Å². The van der Waals surface area contributed by atoms with Crippen LogP contribution in [0, 0.1) is 0 Å². The lowest BCUT2D eigenvalue weighted by Gasteiger charge is -2.04. The Kier molecular flexibility index (Phi) is 4.83. The second-order valence-corrected chi connectivity index (χ2v) is 5.63. The van der Waals surface area contributed by atoms with Crippen LogP contribution in [0.3, 0.4) is 0 Å². The Labute approximate surface area is 135 Å². The van der Waals surface area contributed by atoms with Crippen LogP contribution in [0.4, 0.5) is 0 Å². The molecule has 0 amide bonds. The van der Waals surface area contributed by atoms with Gasteiger partial charge in [0.2, 0.25) is 5.89 Å². The van der Waals surface area contributed by atoms with Crippen molar-refractivity contribution in [3.63, 3.8) is 0 Å². The smallest absolute Gasteiger partial charge is 0.226 e. The molecule has 0 saturated carbocycles. The van der Waals surface area contributed by atoms with E-state index in [1.54, 1.807) is 0 Å². The predicted molar refractivity (Wildman–Crippen MR) is 87.5 cm³/mol. The number of para-hydroxylation sites is 1. The summed E-state index contributed by atoms with van der Waals surface area (Å²) in [6.45, 7) is 2.09. The molecular formula is C17H21N5O. The molecule has 6 nitrogen and oxygen atoms in total. The maximum Gasteiger partial charge on any atom is 0.226 e. The van der Waals surface area contributed by atoms with Crippen molar-refractivity contribution in [3.05, 3.63) is 60.0 Å². The van der Waals surface area contributed by atoms with Crippen LogP contribution in [0.1, 0.15) is 24.2 Å². The zero-order valence-electron chi connectivity index (χ0n) is 13.4. The Hall–Kier alpha value is -2.47. The average molecular weight is 311 g/mol. The molecule has 0 radical (unpaired) electrons. The number of hydrogen-bond acceptors (Lipinski definition) is 5. The van der Waals surface area contributed by atoms with Gasteiger partial charge in [0.15, 0.2) is 5.82 Å². The molecule has 2 heterocycles. The second-order valence-electron chi connectivity index (χ2n) is 5.63. The van der Waals surface area contributed by atoms with E-state index in [4.69, 9.17) is 4.52 Å². The van der Waals surface area contributed by atoms with Crippen molar-refractivity contribution in [2.24, 2.45) is 0 Å². The van der Waals surface area contributed by atoms with Crippen LogP contribution < -0.4 is 5.32 Å². The minimum Gasteiger partial charge on any atom is -0.339 e. The van der Waals surface area contributed by atoms with Gasteiger partial charge in [-0.05, 0) is 38.1 Å². The molecule has 0 aliphatic heterocycles. The summed E-state index contributed by atoms with van der Waals surface area (Å²) in [6, 6.07) is 10.4. The summed E-state index contributed by atoms with van der Waals surface area (Å²) in [5.41, 5.74) is 2.21. The van der Waals surface area contributed by atoms with Crippen molar-refractivity contribution in [2.45, 2.75) is 32.2 Å². The lowest BCUT2D eigenvalue weighted by atomic mass is 10.2. The number of nitrogens with one attached hydrogen (secondary N) is 1. The molecule has 1 aromatic carbocycles. The number of rotatable bonds is 7. The summed E-state index contributed by atoms with van der Waals surface area (Å²) in [5, 5.41) is 11.6. The molecule has 23 heavy (non-hydrogen) atoms. The Bertz CT molecular complexity index is 734. The van der Waals surface area contributed by atoms with E-state index in [0.717, 1.165) is 36.3 Å². The van der Waals surface area contributed by atoms with Crippen LogP contribution in [0.15, 0.2) is 47.2 Å². The predicted octanol–water partition coefficient (Wildman–Crippen LogP) is 2.19. The van der Waals surface area contributed by atoms with Gasteiger partial charge in [0.1, 0.15) is 0 Å². The zero-order valence-corrected chi connectivity index (χ0v) is 13.4. The highest BCUT2D eigenvalue weighted by molar-refractivity contribution is 5.30. The van der Waals surface area contributed by atoms with Gasteiger partial charge in [-0.3, -0.25) is 0 Å². The van der Waals surface area contributed by atoms with Gasteiger partial charge in [-0.2, -0.15) is 10.1 Å². The third-order valence-corrected chi connectivity index (χ3v) is 3.78. The highest BCUT2D eigenvalue weighted by Gasteiger charge is 2.10. The quantitative estimate of drug-likeness (QED) is 0.724. The monoisotopic (exact) mass is 311 g/mol. The van der Waals surface area contributed by atoms with Gasteiger partial charge in [0, 0.05) is 25.1 Å². The molecule has 0 aliphatic carbocycles. The number of likely N-dealkylation sites (N-methyl/N-ethyl adjacent to an activating group) is 1. The molecule has 2 aromatic heterocycles. The van der Waals surface area contributed by atoms with Crippen molar-refractivity contribution in [2.75, 3.05) is 7.05 Å². The van der Waals surface area contributed by atoms with Crippen LogP contribution in [0.2, 0.25) is 0 Å². The molecule has 120 valence electrons. The van der Waals surface area contributed by atoms with E-state index < -0.39 is 0 Å². The Morgan fingerprint density at radius 1 is 1.22 bits per heavy atom. The van der Waals surface area contributed by atoms with Crippen molar-refractivity contribution >= 4 is 0 Å². The summed E-state index contributed by atoms with van der Waals surface area (Å²) in [5.74, 6) is 1.43. The molecule has 0 aliphatic rings. The Morgan fingerprint density at radius 3 is 2.83 bits per heavy atom. The number of aromatic nitrogens is 4. The number of benzene rings is 1. The van der Waals surface area contributed by atoms with E-state index in [0.29, 0.717) is 11.9 Å². The van der Waals surface area contributed by atoms with E-state index >= 15 is 0 Å². The molecule has 6 heteroatoms. The fourth-order valence-electron chi connectivity index (χ4n) is 2.31. The van der Waals surface area contributed by atoms with Crippen molar-refractivity contribution < 1.29 is 4.52 Å². The van der Waals surface area contributed by atoms with E-state index in [1.165, 1.54) is 0 Å². The third kappa shape index (κ3) is 4.04. The Morgan fingerprint density at radius 2 is 2.04 bits per heavy atom. The second kappa shape index (κ2) is 7.19. The first-order chi connectivity index (χ1) is 11.2. The number of aryl methyl sites for hydroxylation is 2. The summed E-state index contributed by atoms with van der Waals surface area (Å²) in [7, 11) is 1.93. The van der Waals surface area contributed by atoms with Crippen molar-refractivity contribution in [1.29, 1.82) is 0 Å². The molecule has 1 unspecified atom stereocenters. The average Bonchev–Trinajstić information content (AvgIpc) is 3.23. The fourth-order valence-corrected chi connectivity index (χ4v) is 2.31. The molecular weight excluding hydrogens is 290 g/mol. The molecule has 3 rings (SSSR count). The lowest BCUT2D eigenvalue weighted by molar-refractivity contribution is 0.371. The molecule has 0 fully saturated rings. The highest BCUT2D eigenvalue weighted by atomic mass is 16.5. The van der Waals surface area contributed by atoms with Crippen LogP contribution in [0.5, 0.6) is 0 Å². The summed E-state index contributed by atoms with van der Waals surface area (Å²) < 4.78 is 7.19. The van der Waals surface area contributed by atoms with Gasteiger partial charge in [-0.15, -0.1) is 0 Å². The van der Waals surface area contributed by atoms with Gasteiger partial charge < -0.3 is 9.84 Å². The summed E-state index contributed by atoms with van der Waals surface area (Å²) in [4.78, 5) is 4.43. The zero-order chi connectivity index (χ0) is 16.1. The Balaban J connectivity index is 1.58. The maximum absolute atomic E-state index is 5.31. The van der Waals surface area contributed by atoms with E-state index in [1.807, 2.05) is 54.5 Å². The third-order valence-electron chi connectivity index (χ3n) is 3.78. The maximum atomic E-state index is 5.31. The first kappa shape index (κ1) is 15.4. The van der Waals surface area contributed by atoms with Gasteiger partial charge in [0.05, 0.1) is 11.9 Å². The minimum absolute atomic E-state index is 0.338.